The minimum atomic E-state index is -0.545. The van der Waals surface area contributed by atoms with E-state index < -0.39 is 10.8 Å². The van der Waals surface area contributed by atoms with Gasteiger partial charge in [-0.1, -0.05) is 19.1 Å². The molecule has 0 radical (unpaired) electrons. The zero-order valence-electron chi connectivity index (χ0n) is 9.66. The number of rotatable bonds is 1. The number of carbonyl (C=O) groups excluding carboxylic acids is 1. The normalized spacial score (nSPS) is 45.1. The Morgan fingerprint density at radius 3 is 2.88 bits per heavy atom. The lowest BCUT2D eigenvalue weighted by atomic mass is 9.49. The van der Waals surface area contributed by atoms with Crippen molar-refractivity contribution in [3.05, 3.63) is 12.2 Å². The van der Waals surface area contributed by atoms with Crippen molar-refractivity contribution in [1.82, 2.24) is 0 Å². The monoisotopic (exact) mass is 213 g/mol. The van der Waals surface area contributed by atoms with Crippen molar-refractivity contribution < 1.29 is 4.79 Å². The van der Waals surface area contributed by atoms with E-state index in [0.717, 1.165) is 0 Å². The number of terminal acetylenes is 1. The maximum absolute atomic E-state index is 12.4. The van der Waals surface area contributed by atoms with Crippen LogP contribution in [-0.4, -0.2) is 5.78 Å². The second kappa shape index (κ2) is 3.22. The lowest BCUT2D eigenvalue weighted by Gasteiger charge is -2.51. The van der Waals surface area contributed by atoms with Crippen LogP contribution in [0.4, 0.5) is 0 Å². The third kappa shape index (κ3) is 1.17. The largest absolute Gasteiger partial charge is 0.298 e. The van der Waals surface area contributed by atoms with Gasteiger partial charge in [-0.25, -0.2) is 0 Å². The fraction of sp³-hybridized carbons (Fsp3) is 0.571. The molecule has 82 valence electrons. The van der Waals surface area contributed by atoms with Crippen LogP contribution in [0.5, 0.6) is 0 Å². The fourth-order valence-corrected chi connectivity index (χ4v) is 3.27. The average molecular weight is 213 g/mol. The maximum atomic E-state index is 12.4. The summed E-state index contributed by atoms with van der Waals surface area (Å²) in [7, 11) is 0. The van der Waals surface area contributed by atoms with Crippen LogP contribution in [0, 0.1) is 46.3 Å². The van der Waals surface area contributed by atoms with Gasteiger partial charge in [-0.05, 0) is 13.3 Å². The summed E-state index contributed by atoms with van der Waals surface area (Å²) in [6.45, 7) is 3.82. The molecule has 3 aliphatic rings. The van der Waals surface area contributed by atoms with Crippen LogP contribution < -0.4 is 0 Å². The summed E-state index contributed by atoms with van der Waals surface area (Å²) < 4.78 is 0. The van der Waals surface area contributed by atoms with Gasteiger partial charge in [0.1, 0.15) is 5.78 Å². The molecule has 0 unspecified atom stereocenters. The molecule has 0 aromatic carbocycles. The Balaban J connectivity index is 2.52. The summed E-state index contributed by atoms with van der Waals surface area (Å²) in [5.41, 5.74) is -1.03. The molecule has 1 fully saturated rings. The van der Waals surface area contributed by atoms with Gasteiger partial charge in [0.05, 0.1) is 12.0 Å². The van der Waals surface area contributed by atoms with E-state index in [4.69, 9.17) is 11.7 Å². The van der Waals surface area contributed by atoms with Crippen LogP contribution in [0.25, 0.3) is 0 Å². The predicted octanol–water partition coefficient (Wildman–Crippen LogP) is 2.32. The van der Waals surface area contributed by atoms with Crippen molar-refractivity contribution >= 4 is 5.78 Å². The quantitative estimate of drug-likeness (QED) is 0.495. The molecule has 4 atom stereocenters. The number of nitrogens with zero attached hydrogens (tertiary/aromatic N) is 1. The van der Waals surface area contributed by atoms with Gasteiger partial charge in [0.2, 0.25) is 0 Å². The molecule has 0 N–H and O–H groups in total. The van der Waals surface area contributed by atoms with Gasteiger partial charge in [0.25, 0.3) is 0 Å². The van der Waals surface area contributed by atoms with E-state index in [0.29, 0.717) is 12.8 Å². The molecular weight excluding hydrogens is 198 g/mol. The third-order valence-electron chi connectivity index (χ3n) is 4.16. The molecule has 1 saturated carbocycles. The second-order valence-corrected chi connectivity index (χ2v) is 5.37. The smallest absolute Gasteiger partial charge is 0.149 e. The lowest BCUT2D eigenvalue weighted by Crippen LogP contribution is -2.54. The van der Waals surface area contributed by atoms with Gasteiger partial charge in [-0.3, -0.25) is 4.79 Å². The molecule has 16 heavy (non-hydrogen) atoms. The number of ketones is 1. The molecule has 3 rings (SSSR count). The van der Waals surface area contributed by atoms with Crippen molar-refractivity contribution in [3.8, 4) is 18.4 Å². The Hall–Kier alpha value is -1.54. The Morgan fingerprint density at radius 2 is 2.31 bits per heavy atom. The molecule has 0 heterocycles. The van der Waals surface area contributed by atoms with Crippen LogP contribution in [0.2, 0.25) is 0 Å². The minimum Gasteiger partial charge on any atom is -0.298 e. The highest BCUT2D eigenvalue weighted by molar-refractivity contribution is 5.94. The van der Waals surface area contributed by atoms with E-state index in [1.54, 1.807) is 0 Å². The summed E-state index contributed by atoms with van der Waals surface area (Å²) >= 11 is 0. The van der Waals surface area contributed by atoms with E-state index in [1.807, 2.05) is 26.0 Å². The first-order valence-electron chi connectivity index (χ1n) is 5.55. The molecule has 0 saturated heterocycles. The Labute approximate surface area is 96.3 Å². The Bertz CT molecular complexity index is 450. The highest BCUT2D eigenvalue weighted by Crippen LogP contribution is 2.55. The van der Waals surface area contributed by atoms with Crippen LogP contribution in [0.3, 0.4) is 0 Å². The van der Waals surface area contributed by atoms with Crippen LogP contribution in [0.15, 0.2) is 12.2 Å². The molecule has 0 aromatic heterocycles. The van der Waals surface area contributed by atoms with Gasteiger partial charge < -0.3 is 0 Å². The summed E-state index contributed by atoms with van der Waals surface area (Å²) in [6, 6.07) is 2.32. The van der Waals surface area contributed by atoms with Gasteiger partial charge in [-0.2, -0.15) is 5.26 Å². The van der Waals surface area contributed by atoms with Crippen molar-refractivity contribution in [2.24, 2.45) is 22.7 Å². The van der Waals surface area contributed by atoms with Crippen molar-refractivity contribution in [2.75, 3.05) is 0 Å². The summed E-state index contributed by atoms with van der Waals surface area (Å²) in [5, 5.41) is 9.17. The van der Waals surface area contributed by atoms with E-state index in [-0.39, 0.29) is 17.6 Å². The molecule has 3 aliphatic carbocycles. The molecular formula is C14H15NO. The predicted molar refractivity (Wildman–Crippen MR) is 61.0 cm³/mol. The summed E-state index contributed by atoms with van der Waals surface area (Å²) in [4.78, 5) is 12.4. The second-order valence-electron chi connectivity index (χ2n) is 5.37. The molecule has 2 bridgehead atoms. The molecule has 2 heteroatoms. The van der Waals surface area contributed by atoms with Crippen LogP contribution in [-0.2, 0) is 4.79 Å². The lowest BCUT2D eigenvalue weighted by molar-refractivity contribution is -0.145. The van der Waals surface area contributed by atoms with Crippen molar-refractivity contribution in [2.45, 2.75) is 26.7 Å². The standard InChI is InChI=1S/C14H15NO/c1-4-6-14(3)11-5-7-13(2,12(14)16)8-10(11)9-15/h1,5,7,10-11H,6,8H2,2-3H3/t10-,11+,13-,14+/m1/s1. The minimum absolute atomic E-state index is 0.0112. The summed E-state index contributed by atoms with van der Waals surface area (Å²) in [5.74, 6) is 2.71. The SMILES string of the molecule is C#CC[C@]1(C)C(=O)[C@]2(C)C=C[C@H]1[C@@H](C#N)C2. The first-order chi connectivity index (χ1) is 7.48. The van der Waals surface area contributed by atoms with Gasteiger partial charge in [0, 0.05) is 23.2 Å². The number of carbonyl (C=O) groups is 1. The van der Waals surface area contributed by atoms with Crippen LogP contribution >= 0.6 is 0 Å². The Kier molecular flexibility index (Phi) is 2.21. The van der Waals surface area contributed by atoms with Gasteiger partial charge in [0.15, 0.2) is 0 Å². The number of nitriles is 1. The number of hydrogen-bond acceptors (Lipinski definition) is 2. The number of allylic oxidation sites excluding steroid dienone is 2. The summed E-state index contributed by atoms with van der Waals surface area (Å²) in [6.07, 6.45) is 10.4. The molecule has 0 amide bonds. The Morgan fingerprint density at radius 1 is 1.62 bits per heavy atom. The zero-order chi connectivity index (χ0) is 12.0. The number of hydrogen-bond donors (Lipinski definition) is 0. The van der Waals surface area contributed by atoms with Crippen molar-refractivity contribution in [1.29, 1.82) is 5.26 Å². The average Bonchev–Trinajstić information content (AvgIpc) is 2.26. The van der Waals surface area contributed by atoms with Crippen LogP contribution in [0.1, 0.15) is 26.7 Å². The molecule has 0 aliphatic heterocycles. The van der Waals surface area contributed by atoms with Gasteiger partial charge in [-0.15, -0.1) is 12.3 Å². The van der Waals surface area contributed by atoms with E-state index in [9.17, 15) is 4.79 Å². The third-order valence-corrected chi connectivity index (χ3v) is 4.16. The van der Waals surface area contributed by atoms with Gasteiger partial charge >= 0.3 is 0 Å². The van der Waals surface area contributed by atoms with Crippen molar-refractivity contribution in [3.63, 3.8) is 0 Å². The fourth-order valence-electron chi connectivity index (χ4n) is 3.27. The first-order valence-corrected chi connectivity index (χ1v) is 5.55. The molecule has 2 nitrogen and oxygen atoms in total. The van der Waals surface area contributed by atoms with E-state index >= 15 is 0 Å². The first kappa shape index (κ1) is 11.0. The zero-order valence-corrected chi connectivity index (χ0v) is 9.66. The highest BCUT2D eigenvalue weighted by Gasteiger charge is 2.57. The maximum Gasteiger partial charge on any atom is 0.149 e. The number of fused-ring (bicyclic) bond motifs is 2. The highest BCUT2D eigenvalue weighted by atomic mass is 16.1. The molecule has 0 spiro atoms. The molecule has 0 aromatic rings. The topological polar surface area (TPSA) is 40.9 Å². The van der Waals surface area contributed by atoms with E-state index in [2.05, 4.69) is 12.0 Å². The number of Topliss-reactive ketones (excluding diaryl/α,β-unsaturated/α-hetero) is 1. The van der Waals surface area contributed by atoms with E-state index in [1.165, 1.54) is 0 Å².